The van der Waals surface area contributed by atoms with Crippen LogP contribution >= 0.6 is 0 Å². The fraction of sp³-hybridized carbons (Fsp3) is 0.645. The van der Waals surface area contributed by atoms with Gasteiger partial charge in [0.25, 0.3) is 0 Å². The second-order valence-electron chi connectivity index (χ2n) is 11.4. The molecule has 1 heterocycles. The van der Waals surface area contributed by atoms with Crippen molar-refractivity contribution in [2.45, 2.75) is 103 Å². The van der Waals surface area contributed by atoms with Gasteiger partial charge in [0, 0.05) is 36.3 Å². The molecule has 2 saturated carbocycles. The van der Waals surface area contributed by atoms with Gasteiger partial charge in [-0.2, -0.15) is 4.98 Å². The summed E-state index contributed by atoms with van der Waals surface area (Å²) in [5.74, 6) is 2.61. The SMILES string of the molecule is CCOC(=O)C1CCC(Oc2ccc(C(=O)CCCNC(=O)C3CCC(c4nc(C(C)C)no4)CC3)cc2)CC1. The molecule has 0 saturated heterocycles. The number of ketones is 1. The van der Waals surface area contributed by atoms with E-state index < -0.39 is 0 Å². The fourth-order valence-corrected chi connectivity index (χ4v) is 5.59. The molecule has 2 aliphatic carbocycles. The topological polar surface area (TPSA) is 121 Å². The molecule has 1 aromatic carbocycles. The number of hydrogen-bond acceptors (Lipinski definition) is 8. The Morgan fingerprint density at radius 3 is 2.27 bits per heavy atom. The van der Waals surface area contributed by atoms with Crippen molar-refractivity contribution in [2.24, 2.45) is 11.8 Å². The largest absolute Gasteiger partial charge is 0.490 e. The van der Waals surface area contributed by atoms with Gasteiger partial charge in [-0.3, -0.25) is 14.4 Å². The third-order valence-corrected chi connectivity index (χ3v) is 8.07. The number of benzene rings is 1. The summed E-state index contributed by atoms with van der Waals surface area (Å²) in [6.45, 7) is 6.81. The van der Waals surface area contributed by atoms with Crippen molar-refractivity contribution in [3.05, 3.63) is 41.5 Å². The number of carbonyl (C=O) groups is 3. The van der Waals surface area contributed by atoms with E-state index in [1.807, 2.05) is 32.9 Å². The van der Waals surface area contributed by atoms with Gasteiger partial charge in [-0.15, -0.1) is 0 Å². The maximum atomic E-state index is 12.6. The van der Waals surface area contributed by atoms with Crippen LogP contribution < -0.4 is 10.1 Å². The number of Topliss-reactive ketones (excluding diaryl/α,β-unsaturated/α-hetero) is 1. The van der Waals surface area contributed by atoms with Gasteiger partial charge < -0.3 is 19.3 Å². The molecule has 2 aliphatic rings. The van der Waals surface area contributed by atoms with Crippen molar-refractivity contribution in [3.8, 4) is 5.75 Å². The van der Waals surface area contributed by atoms with Crippen LogP contribution in [-0.2, 0) is 14.3 Å². The van der Waals surface area contributed by atoms with E-state index in [9.17, 15) is 14.4 Å². The highest BCUT2D eigenvalue weighted by Crippen LogP contribution is 2.35. The van der Waals surface area contributed by atoms with Crippen LogP contribution in [0.15, 0.2) is 28.8 Å². The molecule has 2 fully saturated rings. The highest BCUT2D eigenvalue weighted by molar-refractivity contribution is 5.96. The van der Waals surface area contributed by atoms with Crippen LogP contribution in [0.4, 0.5) is 0 Å². The van der Waals surface area contributed by atoms with E-state index >= 15 is 0 Å². The number of nitrogens with zero attached hydrogens (tertiary/aromatic N) is 2. The molecule has 0 spiro atoms. The highest BCUT2D eigenvalue weighted by atomic mass is 16.5. The van der Waals surface area contributed by atoms with Gasteiger partial charge in [-0.05, 0) is 89.0 Å². The summed E-state index contributed by atoms with van der Waals surface area (Å²) < 4.78 is 16.7. The Morgan fingerprint density at radius 1 is 0.975 bits per heavy atom. The van der Waals surface area contributed by atoms with Gasteiger partial charge in [-0.25, -0.2) is 0 Å². The van der Waals surface area contributed by atoms with E-state index in [0.717, 1.165) is 62.9 Å². The van der Waals surface area contributed by atoms with E-state index in [-0.39, 0.29) is 47.4 Å². The third-order valence-electron chi connectivity index (χ3n) is 8.07. The van der Waals surface area contributed by atoms with Crippen molar-refractivity contribution in [1.82, 2.24) is 15.5 Å². The predicted molar refractivity (Wildman–Crippen MR) is 149 cm³/mol. The van der Waals surface area contributed by atoms with Crippen molar-refractivity contribution in [2.75, 3.05) is 13.2 Å². The number of aromatic nitrogens is 2. The smallest absolute Gasteiger partial charge is 0.308 e. The number of rotatable bonds is 12. The van der Waals surface area contributed by atoms with Crippen LogP contribution in [0.3, 0.4) is 0 Å². The molecule has 1 aromatic heterocycles. The van der Waals surface area contributed by atoms with Crippen molar-refractivity contribution >= 4 is 17.7 Å². The summed E-state index contributed by atoms with van der Waals surface area (Å²) in [5, 5.41) is 7.07. The maximum absolute atomic E-state index is 12.6. The van der Waals surface area contributed by atoms with E-state index in [0.29, 0.717) is 37.4 Å². The number of hydrogen-bond donors (Lipinski definition) is 1. The molecule has 0 bridgehead atoms. The van der Waals surface area contributed by atoms with Crippen molar-refractivity contribution in [1.29, 1.82) is 0 Å². The molecular formula is C31H43N3O6. The molecule has 40 heavy (non-hydrogen) atoms. The number of amides is 1. The van der Waals surface area contributed by atoms with E-state index in [2.05, 4.69) is 15.5 Å². The lowest BCUT2D eigenvalue weighted by Crippen LogP contribution is -2.33. The second kappa shape index (κ2) is 14.4. The molecule has 0 atom stereocenters. The molecule has 1 amide bonds. The van der Waals surface area contributed by atoms with Crippen molar-refractivity contribution in [3.63, 3.8) is 0 Å². The quantitative estimate of drug-likeness (QED) is 0.200. The van der Waals surface area contributed by atoms with Gasteiger partial charge in [0.2, 0.25) is 11.8 Å². The first-order valence-electron chi connectivity index (χ1n) is 14.9. The van der Waals surface area contributed by atoms with E-state index in [1.165, 1.54) is 0 Å². The van der Waals surface area contributed by atoms with Gasteiger partial charge >= 0.3 is 5.97 Å². The number of nitrogens with one attached hydrogen (secondary N) is 1. The zero-order valence-electron chi connectivity index (χ0n) is 24.0. The second-order valence-corrected chi connectivity index (χ2v) is 11.4. The first-order chi connectivity index (χ1) is 19.3. The number of esters is 1. The first-order valence-corrected chi connectivity index (χ1v) is 14.9. The summed E-state index contributed by atoms with van der Waals surface area (Å²) in [5.41, 5.74) is 0.643. The average Bonchev–Trinajstić information content (AvgIpc) is 3.47. The highest BCUT2D eigenvalue weighted by Gasteiger charge is 2.30. The van der Waals surface area contributed by atoms with Crippen LogP contribution in [0.25, 0.3) is 0 Å². The van der Waals surface area contributed by atoms with E-state index in [4.69, 9.17) is 14.0 Å². The summed E-state index contributed by atoms with van der Waals surface area (Å²) in [6.07, 6.45) is 7.56. The molecule has 4 rings (SSSR count). The monoisotopic (exact) mass is 553 g/mol. The minimum absolute atomic E-state index is 0.00722. The Labute approximate surface area is 236 Å². The molecule has 0 unspecified atom stereocenters. The Morgan fingerprint density at radius 2 is 1.65 bits per heavy atom. The van der Waals surface area contributed by atoms with Crippen LogP contribution in [0.1, 0.15) is 119 Å². The van der Waals surface area contributed by atoms with E-state index in [1.54, 1.807) is 12.1 Å². The minimum atomic E-state index is -0.104. The standard InChI is InChI=1S/C31H43N3O6/c1-4-38-31(37)24-13-17-26(18-14-24)39-25-15-11-21(12-16-25)27(35)6-5-19-32-29(36)22-7-9-23(10-8-22)30-33-28(20(2)3)34-40-30/h11-12,15-16,20,22-24,26H,4-10,13-14,17-19H2,1-3H3,(H,32,36). The van der Waals surface area contributed by atoms with Crippen molar-refractivity contribution < 1.29 is 28.4 Å². The normalized spacial score (nSPS) is 23.0. The molecule has 1 N–H and O–H groups in total. The first kappa shape index (κ1) is 29.7. The Kier molecular flexibility index (Phi) is 10.7. The molecule has 0 aliphatic heterocycles. The molecular weight excluding hydrogens is 510 g/mol. The Bertz CT molecular complexity index is 1110. The predicted octanol–water partition coefficient (Wildman–Crippen LogP) is 5.75. The summed E-state index contributed by atoms with van der Waals surface area (Å²) >= 11 is 0. The summed E-state index contributed by atoms with van der Waals surface area (Å²) in [6, 6.07) is 7.26. The lowest BCUT2D eigenvalue weighted by Gasteiger charge is -2.27. The van der Waals surface area contributed by atoms with Crippen LogP contribution in [0.2, 0.25) is 0 Å². The maximum Gasteiger partial charge on any atom is 0.308 e. The average molecular weight is 554 g/mol. The summed E-state index contributed by atoms with van der Waals surface area (Å²) in [4.78, 5) is 41.7. The lowest BCUT2D eigenvalue weighted by molar-refractivity contribution is -0.149. The minimum Gasteiger partial charge on any atom is -0.490 e. The molecule has 2 aromatic rings. The third kappa shape index (κ3) is 8.15. The van der Waals surface area contributed by atoms with Gasteiger partial charge in [-0.1, -0.05) is 19.0 Å². The number of carbonyl (C=O) groups excluding carboxylic acids is 3. The van der Waals surface area contributed by atoms with Gasteiger partial charge in [0.1, 0.15) is 5.75 Å². The van der Waals surface area contributed by atoms with Gasteiger partial charge in [0.05, 0.1) is 18.6 Å². The van der Waals surface area contributed by atoms with Crippen LogP contribution in [0.5, 0.6) is 5.75 Å². The molecule has 9 heteroatoms. The Hall–Kier alpha value is -3.23. The van der Waals surface area contributed by atoms with Crippen LogP contribution in [0, 0.1) is 11.8 Å². The zero-order chi connectivity index (χ0) is 28.5. The Balaban J connectivity index is 1.11. The lowest BCUT2D eigenvalue weighted by atomic mass is 9.81. The van der Waals surface area contributed by atoms with Crippen LogP contribution in [-0.4, -0.2) is 47.1 Å². The fourth-order valence-electron chi connectivity index (χ4n) is 5.59. The molecule has 218 valence electrons. The molecule has 9 nitrogen and oxygen atoms in total. The number of ether oxygens (including phenoxy) is 2. The zero-order valence-corrected chi connectivity index (χ0v) is 24.0. The summed E-state index contributed by atoms with van der Waals surface area (Å²) in [7, 11) is 0. The molecule has 0 radical (unpaired) electrons. The van der Waals surface area contributed by atoms with Gasteiger partial charge in [0.15, 0.2) is 11.6 Å².